The second-order valence-corrected chi connectivity index (χ2v) is 7.85. The number of aromatic nitrogens is 2. The number of hydrogen-bond acceptors (Lipinski definition) is 3. The first-order valence-electron chi connectivity index (χ1n) is 8.68. The molecule has 5 nitrogen and oxygen atoms in total. The molecular formula is C19H23Cl2N3O2. The number of benzene rings is 1. The van der Waals surface area contributed by atoms with E-state index in [1.54, 1.807) is 10.7 Å². The van der Waals surface area contributed by atoms with Crippen LogP contribution in [0.25, 0.3) is 0 Å². The number of carbonyl (C=O) groups is 1. The zero-order valence-electron chi connectivity index (χ0n) is 15.2. The van der Waals surface area contributed by atoms with E-state index in [9.17, 15) is 4.79 Å². The highest BCUT2D eigenvalue weighted by atomic mass is 35.5. The van der Waals surface area contributed by atoms with Crippen LogP contribution in [-0.2, 0) is 18.3 Å². The molecule has 1 heterocycles. The summed E-state index contributed by atoms with van der Waals surface area (Å²) in [7, 11) is 1.86. The van der Waals surface area contributed by atoms with Crippen molar-refractivity contribution in [1.29, 1.82) is 0 Å². The standard InChI is InChI=1S/C19H23Cl2N3O2/c1-12-18(13(2)24(3)23-12)26-11-17(25)22-19(7-4-8-19)10-14-5-6-15(20)9-16(14)21/h5-6,9H,4,7-8,10-11H2,1-3H3,(H,22,25). The lowest BCUT2D eigenvalue weighted by atomic mass is 9.72. The van der Waals surface area contributed by atoms with Crippen LogP contribution < -0.4 is 10.1 Å². The average Bonchev–Trinajstić information content (AvgIpc) is 2.78. The third kappa shape index (κ3) is 3.99. The molecule has 2 aromatic rings. The van der Waals surface area contributed by atoms with Gasteiger partial charge in [0, 0.05) is 22.6 Å². The second-order valence-electron chi connectivity index (χ2n) is 7.01. The molecule has 1 aromatic carbocycles. The van der Waals surface area contributed by atoms with E-state index in [-0.39, 0.29) is 18.1 Å². The molecule has 0 unspecified atom stereocenters. The van der Waals surface area contributed by atoms with Crippen LogP contribution in [-0.4, -0.2) is 27.8 Å². The van der Waals surface area contributed by atoms with Crippen molar-refractivity contribution in [3.63, 3.8) is 0 Å². The summed E-state index contributed by atoms with van der Waals surface area (Å²) >= 11 is 12.3. The summed E-state index contributed by atoms with van der Waals surface area (Å²) in [5, 5.41) is 8.70. The van der Waals surface area contributed by atoms with Gasteiger partial charge in [0.1, 0.15) is 5.69 Å². The predicted octanol–water partition coefficient (Wildman–Crippen LogP) is 4.00. The molecule has 1 aromatic heterocycles. The minimum absolute atomic E-state index is 0.0243. The molecule has 1 amide bonds. The molecule has 0 saturated heterocycles. The van der Waals surface area contributed by atoms with E-state index in [0.717, 1.165) is 36.2 Å². The number of nitrogens with one attached hydrogen (secondary N) is 1. The predicted molar refractivity (Wildman–Crippen MR) is 103 cm³/mol. The van der Waals surface area contributed by atoms with Crippen LogP contribution in [0.5, 0.6) is 5.75 Å². The van der Waals surface area contributed by atoms with E-state index in [1.807, 2.05) is 33.0 Å². The highest BCUT2D eigenvalue weighted by Gasteiger charge is 2.39. The van der Waals surface area contributed by atoms with E-state index in [4.69, 9.17) is 27.9 Å². The molecule has 1 aliphatic carbocycles. The van der Waals surface area contributed by atoms with Crippen molar-refractivity contribution < 1.29 is 9.53 Å². The summed E-state index contributed by atoms with van der Waals surface area (Å²) in [4.78, 5) is 12.5. The topological polar surface area (TPSA) is 56.2 Å². The molecule has 0 bridgehead atoms. The number of amides is 1. The van der Waals surface area contributed by atoms with Crippen LogP contribution in [0.15, 0.2) is 18.2 Å². The summed E-state index contributed by atoms with van der Waals surface area (Å²) < 4.78 is 7.46. The molecule has 1 aliphatic rings. The molecular weight excluding hydrogens is 373 g/mol. The zero-order valence-corrected chi connectivity index (χ0v) is 16.7. The smallest absolute Gasteiger partial charge is 0.258 e. The summed E-state index contributed by atoms with van der Waals surface area (Å²) in [6.45, 7) is 3.77. The number of halogens is 2. The average molecular weight is 396 g/mol. The van der Waals surface area contributed by atoms with Gasteiger partial charge in [-0.2, -0.15) is 5.10 Å². The lowest BCUT2D eigenvalue weighted by Gasteiger charge is -2.43. The maximum Gasteiger partial charge on any atom is 0.258 e. The number of rotatable bonds is 6. The van der Waals surface area contributed by atoms with Gasteiger partial charge in [-0.25, -0.2) is 0 Å². The Labute approximate surface area is 163 Å². The lowest BCUT2D eigenvalue weighted by Crippen LogP contribution is -2.56. The second kappa shape index (κ2) is 7.49. The highest BCUT2D eigenvalue weighted by Crippen LogP contribution is 2.37. The van der Waals surface area contributed by atoms with Gasteiger partial charge < -0.3 is 10.1 Å². The maximum atomic E-state index is 12.5. The fourth-order valence-electron chi connectivity index (χ4n) is 3.41. The molecule has 1 N–H and O–H groups in total. The Morgan fingerprint density at radius 2 is 2.08 bits per heavy atom. The Morgan fingerprint density at radius 1 is 1.35 bits per heavy atom. The van der Waals surface area contributed by atoms with E-state index in [2.05, 4.69) is 10.4 Å². The van der Waals surface area contributed by atoms with Gasteiger partial charge in [0.05, 0.1) is 5.69 Å². The van der Waals surface area contributed by atoms with Crippen LogP contribution in [0, 0.1) is 13.8 Å². The van der Waals surface area contributed by atoms with Crippen molar-refractivity contribution in [2.24, 2.45) is 7.05 Å². The molecule has 0 atom stereocenters. The van der Waals surface area contributed by atoms with Gasteiger partial charge in [-0.3, -0.25) is 9.48 Å². The third-order valence-corrected chi connectivity index (χ3v) is 5.64. The van der Waals surface area contributed by atoms with Crippen molar-refractivity contribution in [1.82, 2.24) is 15.1 Å². The molecule has 0 radical (unpaired) electrons. The van der Waals surface area contributed by atoms with Gasteiger partial charge >= 0.3 is 0 Å². The van der Waals surface area contributed by atoms with E-state index >= 15 is 0 Å². The number of hydrogen-bond donors (Lipinski definition) is 1. The number of nitrogens with zero attached hydrogens (tertiary/aromatic N) is 2. The van der Waals surface area contributed by atoms with Crippen molar-refractivity contribution in [3.8, 4) is 5.75 Å². The van der Waals surface area contributed by atoms with E-state index in [1.165, 1.54) is 0 Å². The van der Waals surface area contributed by atoms with Gasteiger partial charge in [0.25, 0.3) is 5.91 Å². The van der Waals surface area contributed by atoms with Crippen molar-refractivity contribution in [3.05, 3.63) is 45.2 Å². The molecule has 7 heteroatoms. The van der Waals surface area contributed by atoms with Gasteiger partial charge in [-0.1, -0.05) is 29.3 Å². The summed E-state index contributed by atoms with van der Waals surface area (Å²) in [5.74, 6) is 0.545. The SMILES string of the molecule is Cc1nn(C)c(C)c1OCC(=O)NC1(Cc2ccc(Cl)cc2Cl)CCC1. The van der Waals surface area contributed by atoms with Gasteiger partial charge in [-0.05, 0) is 57.2 Å². The van der Waals surface area contributed by atoms with Crippen molar-refractivity contribution in [2.45, 2.75) is 45.1 Å². The van der Waals surface area contributed by atoms with Crippen LogP contribution in [0.2, 0.25) is 10.0 Å². The number of aryl methyl sites for hydroxylation is 2. The van der Waals surface area contributed by atoms with Gasteiger partial charge in [0.15, 0.2) is 12.4 Å². The van der Waals surface area contributed by atoms with Crippen LogP contribution >= 0.6 is 23.2 Å². The van der Waals surface area contributed by atoms with Gasteiger partial charge in [0.2, 0.25) is 0 Å². The molecule has 1 fully saturated rings. The molecule has 1 saturated carbocycles. The van der Waals surface area contributed by atoms with E-state index < -0.39 is 0 Å². The molecule has 3 rings (SSSR count). The van der Waals surface area contributed by atoms with Crippen LogP contribution in [0.4, 0.5) is 0 Å². The molecule has 26 heavy (non-hydrogen) atoms. The maximum absolute atomic E-state index is 12.5. The van der Waals surface area contributed by atoms with Crippen LogP contribution in [0.3, 0.4) is 0 Å². The van der Waals surface area contributed by atoms with Gasteiger partial charge in [-0.15, -0.1) is 0 Å². The molecule has 0 aliphatic heterocycles. The molecule has 140 valence electrons. The Balaban J connectivity index is 1.63. The van der Waals surface area contributed by atoms with E-state index in [0.29, 0.717) is 22.2 Å². The van der Waals surface area contributed by atoms with Crippen molar-refractivity contribution >= 4 is 29.1 Å². The molecule has 0 spiro atoms. The minimum atomic E-state index is -0.253. The fourth-order valence-corrected chi connectivity index (χ4v) is 3.89. The highest BCUT2D eigenvalue weighted by molar-refractivity contribution is 6.35. The number of ether oxygens (including phenoxy) is 1. The minimum Gasteiger partial charge on any atom is -0.480 e. The quantitative estimate of drug-likeness (QED) is 0.803. The zero-order chi connectivity index (χ0) is 18.9. The van der Waals surface area contributed by atoms with Crippen LogP contribution in [0.1, 0.15) is 36.2 Å². The monoisotopic (exact) mass is 395 g/mol. The Kier molecular flexibility index (Phi) is 5.49. The first kappa shape index (κ1) is 19.1. The normalized spacial score (nSPS) is 15.4. The first-order valence-corrected chi connectivity index (χ1v) is 9.43. The Bertz CT molecular complexity index is 828. The summed E-state index contributed by atoms with van der Waals surface area (Å²) in [6, 6.07) is 5.49. The number of carbonyl (C=O) groups excluding carboxylic acids is 1. The van der Waals surface area contributed by atoms with Crippen molar-refractivity contribution in [2.75, 3.05) is 6.61 Å². The fraction of sp³-hybridized carbons (Fsp3) is 0.474. The third-order valence-electron chi connectivity index (χ3n) is 5.05. The largest absolute Gasteiger partial charge is 0.480 e. The first-order chi connectivity index (χ1) is 12.3. The Hall–Kier alpha value is -1.72. The Morgan fingerprint density at radius 3 is 2.62 bits per heavy atom. The summed E-state index contributed by atoms with van der Waals surface area (Å²) in [5.41, 5.74) is 2.43. The lowest BCUT2D eigenvalue weighted by molar-refractivity contribution is -0.126. The summed E-state index contributed by atoms with van der Waals surface area (Å²) in [6.07, 6.45) is 3.65.